The Morgan fingerprint density at radius 1 is 1.21 bits per heavy atom. The van der Waals surface area contributed by atoms with Crippen molar-refractivity contribution in [2.24, 2.45) is 7.05 Å². The van der Waals surface area contributed by atoms with Crippen molar-refractivity contribution in [3.63, 3.8) is 0 Å². The fourth-order valence-electron chi connectivity index (χ4n) is 2.61. The monoisotopic (exact) mass is 401 g/mol. The Morgan fingerprint density at radius 2 is 1.93 bits per heavy atom. The number of amides is 1. The molecule has 1 amide bonds. The van der Waals surface area contributed by atoms with Gasteiger partial charge in [0.05, 0.1) is 23.5 Å². The lowest BCUT2D eigenvalue weighted by Gasteiger charge is -2.16. The van der Waals surface area contributed by atoms with E-state index < -0.39 is 0 Å². The number of Topliss-reactive ketones (excluding diaryl/α,β-unsaturated/α-hetero) is 1. The van der Waals surface area contributed by atoms with Gasteiger partial charge in [-0.15, -0.1) is 0 Å². The third kappa shape index (κ3) is 4.43. The molecule has 8 heteroatoms. The predicted octanol–water partition coefficient (Wildman–Crippen LogP) is 3.72. The zero-order valence-corrected chi connectivity index (χ0v) is 16.6. The van der Waals surface area contributed by atoms with Crippen LogP contribution in [-0.2, 0) is 20.2 Å². The maximum Gasteiger partial charge on any atom is 0.289 e. The van der Waals surface area contributed by atoms with Crippen LogP contribution < -0.4 is 4.74 Å². The van der Waals surface area contributed by atoms with Crippen molar-refractivity contribution in [2.75, 3.05) is 7.05 Å². The van der Waals surface area contributed by atoms with E-state index in [0.717, 1.165) is 5.69 Å². The molecule has 1 aromatic carbocycles. The quantitative estimate of drug-likeness (QED) is 0.564. The molecular formula is C20H20ClN3O4. The minimum atomic E-state index is -0.269. The molecule has 0 atom stereocenters. The summed E-state index contributed by atoms with van der Waals surface area (Å²) in [6, 6.07) is 10.2. The van der Waals surface area contributed by atoms with E-state index in [2.05, 4.69) is 5.10 Å². The number of furan rings is 1. The number of hydrogen-bond donors (Lipinski definition) is 0. The molecule has 0 aliphatic rings. The number of halogens is 1. The van der Waals surface area contributed by atoms with Crippen molar-refractivity contribution in [1.29, 1.82) is 0 Å². The summed E-state index contributed by atoms with van der Waals surface area (Å²) in [5, 5.41) is 4.57. The molecule has 0 aliphatic heterocycles. The summed E-state index contributed by atoms with van der Waals surface area (Å²) in [6.07, 6.45) is 1.54. The second kappa shape index (κ2) is 8.31. The van der Waals surface area contributed by atoms with Crippen molar-refractivity contribution in [1.82, 2.24) is 14.7 Å². The normalized spacial score (nSPS) is 10.7. The summed E-state index contributed by atoms with van der Waals surface area (Å²) in [6.45, 7) is 1.99. The van der Waals surface area contributed by atoms with Crippen molar-refractivity contribution >= 4 is 23.3 Å². The minimum Gasteiger partial charge on any atom is -0.486 e. The number of ketones is 1. The summed E-state index contributed by atoms with van der Waals surface area (Å²) >= 11 is 6.09. The number of aryl methyl sites for hydroxylation is 1. The van der Waals surface area contributed by atoms with Crippen LogP contribution in [0.25, 0.3) is 0 Å². The van der Waals surface area contributed by atoms with E-state index in [1.54, 1.807) is 61.4 Å². The first-order valence-corrected chi connectivity index (χ1v) is 8.97. The van der Waals surface area contributed by atoms with Crippen LogP contribution in [0.15, 0.2) is 47.0 Å². The maximum atomic E-state index is 12.6. The number of carbonyl (C=O) groups excluding carboxylic acids is 2. The van der Waals surface area contributed by atoms with Crippen LogP contribution in [0.2, 0.25) is 5.02 Å². The lowest BCUT2D eigenvalue weighted by molar-refractivity contribution is 0.0746. The second-order valence-electron chi connectivity index (χ2n) is 6.36. The number of benzene rings is 1. The summed E-state index contributed by atoms with van der Waals surface area (Å²) in [4.78, 5) is 25.4. The number of nitrogens with zero attached hydrogens (tertiary/aromatic N) is 3. The molecule has 0 bridgehead atoms. The van der Waals surface area contributed by atoms with Crippen LogP contribution >= 0.6 is 11.6 Å². The molecule has 3 rings (SSSR count). The Kier molecular flexibility index (Phi) is 5.84. The van der Waals surface area contributed by atoms with E-state index in [1.165, 1.54) is 11.8 Å². The maximum absolute atomic E-state index is 12.6. The van der Waals surface area contributed by atoms with E-state index in [4.69, 9.17) is 20.8 Å². The highest BCUT2D eigenvalue weighted by Crippen LogP contribution is 2.19. The Balaban J connectivity index is 1.59. The predicted molar refractivity (Wildman–Crippen MR) is 104 cm³/mol. The molecular weight excluding hydrogens is 382 g/mol. The molecule has 2 aromatic heterocycles. The van der Waals surface area contributed by atoms with Gasteiger partial charge in [-0.3, -0.25) is 14.3 Å². The third-order valence-electron chi connectivity index (χ3n) is 4.26. The van der Waals surface area contributed by atoms with Crippen LogP contribution in [0.1, 0.15) is 39.3 Å². The summed E-state index contributed by atoms with van der Waals surface area (Å²) in [5.41, 5.74) is 1.36. The van der Waals surface area contributed by atoms with E-state index in [-0.39, 0.29) is 24.1 Å². The second-order valence-corrected chi connectivity index (χ2v) is 6.77. The minimum absolute atomic E-state index is 0.00253. The molecule has 0 radical (unpaired) electrons. The van der Waals surface area contributed by atoms with Crippen LogP contribution in [-0.4, -0.2) is 33.4 Å². The highest BCUT2D eigenvalue weighted by molar-refractivity contribution is 6.31. The molecule has 0 spiro atoms. The number of ether oxygens (including phenoxy) is 1. The largest absolute Gasteiger partial charge is 0.486 e. The first-order valence-electron chi connectivity index (χ1n) is 8.59. The standard InChI is InChI=1S/C20H20ClN3O4/c1-13(25)14-4-6-15(7-5-14)27-12-16-8-9-19(28-16)20(26)23(2)11-18-17(21)10-22-24(18)3/h4-10H,11-12H2,1-3H3. The molecule has 0 saturated heterocycles. The first-order chi connectivity index (χ1) is 13.3. The van der Waals surface area contributed by atoms with Gasteiger partial charge in [0.15, 0.2) is 11.5 Å². The van der Waals surface area contributed by atoms with E-state index in [1.807, 2.05) is 0 Å². The van der Waals surface area contributed by atoms with E-state index >= 15 is 0 Å². The molecule has 146 valence electrons. The van der Waals surface area contributed by atoms with Gasteiger partial charge in [0.25, 0.3) is 5.91 Å². The lowest BCUT2D eigenvalue weighted by atomic mass is 10.1. The third-order valence-corrected chi connectivity index (χ3v) is 4.57. The zero-order chi connectivity index (χ0) is 20.3. The molecule has 2 heterocycles. The van der Waals surface area contributed by atoms with Gasteiger partial charge in [-0.05, 0) is 43.3 Å². The average molecular weight is 402 g/mol. The molecule has 7 nitrogen and oxygen atoms in total. The molecule has 0 N–H and O–H groups in total. The molecule has 0 unspecified atom stereocenters. The van der Waals surface area contributed by atoms with E-state index in [9.17, 15) is 9.59 Å². The van der Waals surface area contributed by atoms with Gasteiger partial charge in [-0.2, -0.15) is 5.10 Å². The van der Waals surface area contributed by atoms with Crippen molar-refractivity contribution in [3.05, 3.63) is 70.4 Å². The lowest BCUT2D eigenvalue weighted by Crippen LogP contribution is -2.27. The SMILES string of the molecule is CC(=O)c1ccc(OCc2ccc(C(=O)N(C)Cc3c(Cl)cnn3C)o2)cc1. The Labute approximate surface area is 167 Å². The first kappa shape index (κ1) is 19.7. The highest BCUT2D eigenvalue weighted by Gasteiger charge is 2.19. The van der Waals surface area contributed by atoms with Gasteiger partial charge < -0.3 is 14.1 Å². The molecule has 0 fully saturated rings. The number of aromatic nitrogens is 2. The fraction of sp³-hybridized carbons (Fsp3) is 0.250. The molecule has 28 heavy (non-hydrogen) atoms. The van der Waals surface area contributed by atoms with Gasteiger partial charge in [0.1, 0.15) is 18.1 Å². The molecule has 0 saturated carbocycles. The summed E-state index contributed by atoms with van der Waals surface area (Å²) < 4.78 is 12.9. The Morgan fingerprint density at radius 3 is 2.54 bits per heavy atom. The summed E-state index contributed by atoms with van der Waals surface area (Å²) in [7, 11) is 3.44. The molecule has 3 aromatic rings. The summed E-state index contributed by atoms with van der Waals surface area (Å²) in [5.74, 6) is 1.07. The van der Waals surface area contributed by atoms with Gasteiger partial charge in [0.2, 0.25) is 0 Å². The van der Waals surface area contributed by atoms with E-state index in [0.29, 0.717) is 28.6 Å². The van der Waals surface area contributed by atoms with Gasteiger partial charge >= 0.3 is 0 Å². The topological polar surface area (TPSA) is 77.6 Å². The Bertz CT molecular complexity index is 972. The van der Waals surface area contributed by atoms with Crippen molar-refractivity contribution < 1.29 is 18.7 Å². The van der Waals surface area contributed by atoms with Crippen LogP contribution in [0.4, 0.5) is 0 Å². The zero-order valence-electron chi connectivity index (χ0n) is 15.8. The van der Waals surface area contributed by atoms with Crippen LogP contribution in [0.5, 0.6) is 5.75 Å². The Hall–Kier alpha value is -3.06. The average Bonchev–Trinajstić information content (AvgIpc) is 3.28. The molecule has 0 aliphatic carbocycles. The number of rotatable bonds is 7. The van der Waals surface area contributed by atoms with Gasteiger partial charge in [-0.1, -0.05) is 11.6 Å². The van der Waals surface area contributed by atoms with Gasteiger partial charge in [-0.25, -0.2) is 0 Å². The highest BCUT2D eigenvalue weighted by atomic mass is 35.5. The van der Waals surface area contributed by atoms with Crippen LogP contribution in [0.3, 0.4) is 0 Å². The smallest absolute Gasteiger partial charge is 0.289 e. The van der Waals surface area contributed by atoms with Gasteiger partial charge in [0, 0.05) is 19.7 Å². The number of carbonyl (C=O) groups is 2. The number of hydrogen-bond acceptors (Lipinski definition) is 5. The van der Waals surface area contributed by atoms with Crippen molar-refractivity contribution in [2.45, 2.75) is 20.1 Å². The van der Waals surface area contributed by atoms with Crippen molar-refractivity contribution in [3.8, 4) is 5.75 Å². The van der Waals surface area contributed by atoms with Crippen LogP contribution in [0, 0.1) is 0 Å². The fourth-order valence-corrected chi connectivity index (χ4v) is 2.83.